The number of nitrogens with two attached hydrogens (primary N) is 1. The number of primary sulfonamides is 1. The van der Waals surface area contributed by atoms with Crippen molar-refractivity contribution in [3.05, 3.63) is 24.3 Å². The number of anilines is 1. The van der Waals surface area contributed by atoms with Gasteiger partial charge in [0.05, 0.1) is 10.6 Å². The molecule has 0 bridgehead atoms. The van der Waals surface area contributed by atoms with Crippen LogP contribution in [0, 0.1) is 0 Å². The summed E-state index contributed by atoms with van der Waals surface area (Å²) < 4.78 is 22.3. The normalized spacial score (nSPS) is 16.6. The molecule has 7 heteroatoms. The molecule has 0 saturated carbocycles. The maximum atomic E-state index is 11.5. The molecule has 0 radical (unpaired) electrons. The van der Waals surface area contributed by atoms with Gasteiger partial charge in [-0.3, -0.25) is 14.5 Å². The summed E-state index contributed by atoms with van der Waals surface area (Å²) in [6.07, 6.45) is 0.302. The molecular formula is C10H10N2O4S. The van der Waals surface area contributed by atoms with Crippen molar-refractivity contribution in [2.45, 2.75) is 17.7 Å². The lowest BCUT2D eigenvalue weighted by molar-refractivity contribution is -0.121. The fourth-order valence-corrected chi connectivity index (χ4v) is 2.22. The number of carbonyl (C=O) groups is 2. The van der Waals surface area contributed by atoms with E-state index in [1.165, 1.54) is 24.3 Å². The Morgan fingerprint density at radius 3 is 2.24 bits per heavy atom. The maximum Gasteiger partial charge on any atom is 0.238 e. The smallest absolute Gasteiger partial charge is 0.238 e. The Kier molecular flexibility index (Phi) is 2.72. The first-order valence-corrected chi connectivity index (χ1v) is 6.43. The number of hydrogen-bond acceptors (Lipinski definition) is 4. The average Bonchev–Trinajstić information content (AvgIpc) is 2.57. The van der Waals surface area contributed by atoms with Crippen molar-refractivity contribution in [3.63, 3.8) is 0 Å². The van der Waals surface area contributed by atoms with Crippen LogP contribution in [0.1, 0.15) is 12.8 Å². The van der Waals surface area contributed by atoms with E-state index in [-0.39, 0.29) is 35.2 Å². The molecule has 1 aliphatic heterocycles. The first kappa shape index (κ1) is 11.7. The lowest BCUT2D eigenvalue weighted by Crippen LogP contribution is -2.28. The molecule has 0 aromatic heterocycles. The lowest BCUT2D eigenvalue weighted by atomic mass is 10.3. The fourth-order valence-electron chi connectivity index (χ4n) is 1.66. The second-order valence-corrected chi connectivity index (χ2v) is 5.23. The van der Waals surface area contributed by atoms with Crippen LogP contribution in [0.5, 0.6) is 0 Å². The van der Waals surface area contributed by atoms with Crippen molar-refractivity contribution in [2.75, 3.05) is 4.90 Å². The SMILES string of the molecule is NS(=O)(=O)c1cccc(N2C(=O)CCC2=O)c1. The van der Waals surface area contributed by atoms with Gasteiger partial charge in [-0.05, 0) is 18.2 Å². The number of rotatable bonds is 2. The number of amides is 2. The number of benzene rings is 1. The van der Waals surface area contributed by atoms with Crippen LogP contribution in [-0.2, 0) is 19.6 Å². The molecule has 1 aromatic carbocycles. The molecule has 2 rings (SSSR count). The molecule has 0 aliphatic carbocycles. The van der Waals surface area contributed by atoms with Crippen LogP contribution < -0.4 is 10.0 Å². The van der Waals surface area contributed by atoms with E-state index < -0.39 is 10.0 Å². The maximum absolute atomic E-state index is 11.5. The van der Waals surface area contributed by atoms with Crippen LogP contribution in [0.15, 0.2) is 29.2 Å². The van der Waals surface area contributed by atoms with Crippen molar-refractivity contribution in [1.29, 1.82) is 0 Å². The van der Waals surface area contributed by atoms with E-state index in [9.17, 15) is 18.0 Å². The van der Waals surface area contributed by atoms with Crippen molar-refractivity contribution >= 4 is 27.5 Å². The summed E-state index contributed by atoms with van der Waals surface area (Å²) in [4.78, 5) is 23.8. The Morgan fingerprint density at radius 1 is 1.12 bits per heavy atom. The van der Waals surface area contributed by atoms with Gasteiger partial charge in [0.25, 0.3) is 0 Å². The Morgan fingerprint density at radius 2 is 1.71 bits per heavy atom. The van der Waals surface area contributed by atoms with Gasteiger partial charge in [-0.2, -0.15) is 0 Å². The van der Waals surface area contributed by atoms with Crippen LogP contribution in [0.4, 0.5) is 5.69 Å². The van der Waals surface area contributed by atoms with Crippen LogP contribution in [0.2, 0.25) is 0 Å². The van der Waals surface area contributed by atoms with Gasteiger partial charge in [0, 0.05) is 12.8 Å². The van der Waals surface area contributed by atoms with Gasteiger partial charge < -0.3 is 0 Å². The third kappa shape index (κ3) is 2.20. The van der Waals surface area contributed by atoms with Gasteiger partial charge in [-0.25, -0.2) is 13.6 Å². The van der Waals surface area contributed by atoms with Crippen LogP contribution in [-0.4, -0.2) is 20.2 Å². The van der Waals surface area contributed by atoms with E-state index in [2.05, 4.69) is 0 Å². The summed E-state index contributed by atoms with van der Waals surface area (Å²) in [6, 6.07) is 5.46. The highest BCUT2D eigenvalue weighted by molar-refractivity contribution is 7.89. The highest BCUT2D eigenvalue weighted by atomic mass is 32.2. The third-order valence-corrected chi connectivity index (χ3v) is 3.37. The summed E-state index contributed by atoms with van der Waals surface area (Å²) in [5.74, 6) is -0.664. The molecule has 1 aromatic rings. The number of hydrogen-bond donors (Lipinski definition) is 1. The van der Waals surface area contributed by atoms with Gasteiger partial charge in [0.2, 0.25) is 21.8 Å². The Hall–Kier alpha value is -1.73. The Balaban J connectivity index is 2.47. The largest absolute Gasteiger partial charge is 0.274 e. The van der Waals surface area contributed by atoms with Gasteiger partial charge >= 0.3 is 0 Å². The predicted molar refractivity (Wildman–Crippen MR) is 59.5 cm³/mol. The number of nitrogens with zero attached hydrogens (tertiary/aromatic N) is 1. The minimum Gasteiger partial charge on any atom is -0.274 e. The van der Waals surface area contributed by atoms with Crippen LogP contribution in [0.3, 0.4) is 0 Å². The minimum atomic E-state index is -3.84. The lowest BCUT2D eigenvalue weighted by Gasteiger charge is -2.14. The Labute approximate surface area is 98.1 Å². The molecule has 6 nitrogen and oxygen atoms in total. The summed E-state index contributed by atoms with van der Waals surface area (Å²) in [5, 5.41) is 4.98. The van der Waals surface area contributed by atoms with Crippen LogP contribution >= 0.6 is 0 Å². The van der Waals surface area contributed by atoms with Gasteiger partial charge in [-0.15, -0.1) is 0 Å². The van der Waals surface area contributed by atoms with Crippen molar-refractivity contribution in [2.24, 2.45) is 5.14 Å². The van der Waals surface area contributed by atoms with Gasteiger partial charge in [0.15, 0.2) is 0 Å². The topological polar surface area (TPSA) is 97.5 Å². The minimum absolute atomic E-state index is 0.123. The van der Waals surface area contributed by atoms with E-state index in [1.54, 1.807) is 0 Å². The fraction of sp³-hybridized carbons (Fsp3) is 0.200. The quantitative estimate of drug-likeness (QED) is 0.750. The molecule has 1 heterocycles. The first-order valence-electron chi connectivity index (χ1n) is 4.88. The van der Waals surface area contributed by atoms with E-state index >= 15 is 0 Å². The molecular weight excluding hydrogens is 244 g/mol. The zero-order valence-corrected chi connectivity index (χ0v) is 9.61. The van der Waals surface area contributed by atoms with Gasteiger partial charge in [-0.1, -0.05) is 6.07 Å². The highest BCUT2D eigenvalue weighted by Crippen LogP contribution is 2.24. The summed E-state index contributed by atoms with van der Waals surface area (Å²) in [6.45, 7) is 0. The monoisotopic (exact) mass is 254 g/mol. The third-order valence-electron chi connectivity index (χ3n) is 2.46. The van der Waals surface area contributed by atoms with E-state index in [1.807, 2.05) is 0 Å². The van der Waals surface area contributed by atoms with E-state index in [0.717, 1.165) is 4.90 Å². The van der Waals surface area contributed by atoms with Gasteiger partial charge in [0.1, 0.15) is 0 Å². The molecule has 0 unspecified atom stereocenters. The van der Waals surface area contributed by atoms with E-state index in [0.29, 0.717) is 0 Å². The molecule has 2 amide bonds. The molecule has 90 valence electrons. The average molecular weight is 254 g/mol. The second-order valence-electron chi connectivity index (χ2n) is 3.67. The molecule has 1 aliphatic rings. The molecule has 1 saturated heterocycles. The first-order chi connectivity index (χ1) is 7.89. The number of imide groups is 1. The highest BCUT2D eigenvalue weighted by Gasteiger charge is 2.30. The standard InChI is InChI=1S/C10H10N2O4S/c11-17(15,16)8-3-1-2-7(6-8)12-9(13)4-5-10(12)14/h1-3,6H,4-5H2,(H2,11,15,16). The summed E-state index contributed by atoms with van der Waals surface area (Å²) in [5.41, 5.74) is 0.240. The van der Waals surface area contributed by atoms with Crippen molar-refractivity contribution in [1.82, 2.24) is 0 Å². The zero-order chi connectivity index (χ0) is 12.6. The molecule has 0 atom stereocenters. The van der Waals surface area contributed by atoms with Crippen molar-refractivity contribution < 1.29 is 18.0 Å². The second kappa shape index (κ2) is 3.94. The van der Waals surface area contributed by atoms with Crippen LogP contribution in [0.25, 0.3) is 0 Å². The predicted octanol–water partition coefficient (Wildman–Crippen LogP) is -0.0126. The number of sulfonamides is 1. The Bertz CT molecular complexity index is 578. The summed E-state index contributed by atoms with van der Waals surface area (Å²) in [7, 11) is -3.84. The molecule has 0 spiro atoms. The molecule has 1 fully saturated rings. The number of carbonyl (C=O) groups excluding carboxylic acids is 2. The van der Waals surface area contributed by atoms with Crippen molar-refractivity contribution in [3.8, 4) is 0 Å². The van der Waals surface area contributed by atoms with E-state index in [4.69, 9.17) is 5.14 Å². The molecule has 2 N–H and O–H groups in total. The summed E-state index contributed by atoms with van der Waals surface area (Å²) >= 11 is 0. The zero-order valence-electron chi connectivity index (χ0n) is 8.79. The molecule has 17 heavy (non-hydrogen) atoms.